The summed E-state index contributed by atoms with van der Waals surface area (Å²) in [4.78, 5) is 22.9. The van der Waals surface area contributed by atoms with Crippen molar-refractivity contribution in [2.45, 2.75) is 13.5 Å². The molecule has 0 fully saturated rings. The average Bonchev–Trinajstić information content (AvgIpc) is 2.83. The highest BCUT2D eigenvalue weighted by molar-refractivity contribution is 14.1. The quantitative estimate of drug-likeness (QED) is 0.0854. The van der Waals surface area contributed by atoms with Gasteiger partial charge in [-0.15, -0.1) is 0 Å². The van der Waals surface area contributed by atoms with Crippen LogP contribution in [0, 0.1) is 25.0 Å². The fourth-order valence-corrected chi connectivity index (χ4v) is 3.78. The second-order valence-electron chi connectivity index (χ2n) is 7.15. The Balaban J connectivity index is 1.81. The minimum Gasteiger partial charge on any atom is -0.508 e. The van der Waals surface area contributed by atoms with Gasteiger partial charge in [-0.3, -0.25) is 14.9 Å². The molecule has 9 nitrogen and oxygen atoms in total. The van der Waals surface area contributed by atoms with Crippen molar-refractivity contribution in [2.24, 2.45) is 0 Å². The smallest absolute Gasteiger partial charge is 0.269 e. The fraction of sp³-hybridized carbons (Fsp3) is 0.120. The molecule has 0 bridgehead atoms. The van der Waals surface area contributed by atoms with Gasteiger partial charge in [0.05, 0.1) is 15.1 Å². The van der Waals surface area contributed by atoms with E-state index in [9.17, 15) is 25.3 Å². The Kier molecular flexibility index (Phi) is 8.63. The van der Waals surface area contributed by atoms with Gasteiger partial charge in [0, 0.05) is 17.8 Å². The van der Waals surface area contributed by atoms with E-state index in [0.29, 0.717) is 32.9 Å². The van der Waals surface area contributed by atoms with E-state index in [4.69, 9.17) is 9.47 Å². The number of halogens is 1. The van der Waals surface area contributed by atoms with Gasteiger partial charge in [0.1, 0.15) is 24.0 Å². The maximum Gasteiger partial charge on any atom is 0.269 e. The number of anilines is 1. The number of phenolic OH excluding ortho intramolecular Hbond substituents is 1. The van der Waals surface area contributed by atoms with Crippen LogP contribution in [0.4, 0.5) is 11.4 Å². The number of hydrogen-bond acceptors (Lipinski definition) is 7. The van der Waals surface area contributed by atoms with Gasteiger partial charge < -0.3 is 19.9 Å². The molecule has 0 spiro atoms. The standard InChI is InChI=1S/C25H20IN3O6/c1-2-34-23-13-17(11-18(14-27)25(31)28-19-5-9-21(30)10-6-19)12-22(26)24(23)35-15-16-3-7-20(8-4-16)29(32)33/h3-13,30H,2,15H2,1H3,(H,28,31). The molecule has 0 aliphatic heterocycles. The molecule has 178 valence electrons. The van der Waals surface area contributed by atoms with E-state index in [2.05, 4.69) is 27.9 Å². The van der Waals surface area contributed by atoms with Crippen molar-refractivity contribution in [2.75, 3.05) is 11.9 Å². The zero-order chi connectivity index (χ0) is 25.4. The van der Waals surface area contributed by atoms with Crippen LogP contribution >= 0.6 is 22.6 Å². The van der Waals surface area contributed by atoms with Crippen LogP contribution < -0.4 is 14.8 Å². The first-order chi connectivity index (χ1) is 16.8. The van der Waals surface area contributed by atoms with Crippen molar-refractivity contribution in [3.63, 3.8) is 0 Å². The van der Waals surface area contributed by atoms with Crippen LogP contribution in [-0.2, 0) is 11.4 Å². The van der Waals surface area contributed by atoms with Crippen LogP contribution in [0.3, 0.4) is 0 Å². The zero-order valence-electron chi connectivity index (χ0n) is 18.5. The second-order valence-corrected chi connectivity index (χ2v) is 8.31. The van der Waals surface area contributed by atoms with E-state index in [1.54, 1.807) is 24.3 Å². The van der Waals surface area contributed by atoms with Crippen LogP contribution in [0.1, 0.15) is 18.1 Å². The molecule has 3 aromatic rings. The van der Waals surface area contributed by atoms with E-state index in [0.717, 1.165) is 5.56 Å². The van der Waals surface area contributed by atoms with Crippen molar-refractivity contribution >= 4 is 45.9 Å². The molecule has 0 aliphatic carbocycles. The molecule has 0 saturated heterocycles. The van der Waals surface area contributed by atoms with Gasteiger partial charge in [-0.25, -0.2) is 0 Å². The molecule has 0 unspecified atom stereocenters. The molecule has 0 aromatic heterocycles. The molecule has 2 N–H and O–H groups in total. The third-order valence-electron chi connectivity index (χ3n) is 4.66. The number of amides is 1. The first-order valence-electron chi connectivity index (χ1n) is 10.4. The van der Waals surface area contributed by atoms with Gasteiger partial charge in [0.25, 0.3) is 11.6 Å². The minimum absolute atomic E-state index is 0.00257. The predicted octanol–water partition coefficient (Wildman–Crippen LogP) is 5.43. The third kappa shape index (κ3) is 6.94. The Bertz CT molecular complexity index is 1300. The largest absolute Gasteiger partial charge is 0.508 e. The Morgan fingerprint density at radius 1 is 1.17 bits per heavy atom. The maximum absolute atomic E-state index is 12.6. The highest BCUT2D eigenvalue weighted by Crippen LogP contribution is 2.35. The second kappa shape index (κ2) is 11.8. The topological polar surface area (TPSA) is 135 Å². The summed E-state index contributed by atoms with van der Waals surface area (Å²) in [5.41, 5.74) is 1.63. The van der Waals surface area contributed by atoms with Crippen LogP contribution in [0.15, 0.2) is 66.2 Å². The van der Waals surface area contributed by atoms with Crippen molar-refractivity contribution in [1.29, 1.82) is 5.26 Å². The van der Waals surface area contributed by atoms with Gasteiger partial charge in [0.2, 0.25) is 0 Å². The molecule has 1 amide bonds. The maximum atomic E-state index is 12.6. The van der Waals surface area contributed by atoms with Gasteiger partial charge >= 0.3 is 0 Å². The Morgan fingerprint density at radius 3 is 2.46 bits per heavy atom. The summed E-state index contributed by atoms with van der Waals surface area (Å²) in [6.07, 6.45) is 1.44. The van der Waals surface area contributed by atoms with Crippen LogP contribution in [0.25, 0.3) is 6.08 Å². The number of ether oxygens (including phenoxy) is 2. The lowest BCUT2D eigenvalue weighted by Crippen LogP contribution is -2.13. The molecule has 0 aliphatic rings. The molecule has 0 radical (unpaired) electrons. The number of rotatable bonds is 9. The number of benzene rings is 3. The van der Waals surface area contributed by atoms with Crippen molar-refractivity contribution in [1.82, 2.24) is 0 Å². The van der Waals surface area contributed by atoms with E-state index in [-0.39, 0.29) is 23.6 Å². The highest BCUT2D eigenvalue weighted by Gasteiger charge is 2.15. The third-order valence-corrected chi connectivity index (χ3v) is 5.46. The van der Waals surface area contributed by atoms with Crippen molar-refractivity contribution in [3.05, 3.63) is 91.0 Å². The number of nitro groups is 1. The summed E-state index contributed by atoms with van der Waals surface area (Å²) >= 11 is 2.08. The lowest BCUT2D eigenvalue weighted by atomic mass is 10.1. The number of nitrogens with zero attached hydrogens (tertiary/aromatic N) is 2. The highest BCUT2D eigenvalue weighted by atomic mass is 127. The van der Waals surface area contributed by atoms with Gasteiger partial charge in [-0.05, 0) is 95.2 Å². The SMILES string of the molecule is CCOc1cc(C=C(C#N)C(=O)Nc2ccc(O)cc2)cc(I)c1OCc1ccc([N+](=O)[O-])cc1. The first-order valence-corrected chi connectivity index (χ1v) is 11.4. The lowest BCUT2D eigenvalue weighted by Gasteiger charge is -2.15. The number of nitrogens with one attached hydrogen (secondary N) is 1. The summed E-state index contributed by atoms with van der Waals surface area (Å²) < 4.78 is 12.4. The number of nitriles is 1. The average molecular weight is 585 g/mol. The lowest BCUT2D eigenvalue weighted by molar-refractivity contribution is -0.384. The molecule has 3 rings (SSSR count). The van der Waals surface area contributed by atoms with Crippen LogP contribution in [-0.4, -0.2) is 22.5 Å². The molecule has 35 heavy (non-hydrogen) atoms. The van der Waals surface area contributed by atoms with Gasteiger partial charge in [-0.1, -0.05) is 0 Å². The summed E-state index contributed by atoms with van der Waals surface area (Å²) in [7, 11) is 0. The Morgan fingerprint density at radius 2 is 1.86 bits per heavy atom. The molecule has 0 atom stereocenters. The predicted molar refractivity (Wildman–Crippen MR) is 138 cm³/mol. The number of non-ortho nitro benzene ring substituents is 1. The van der Waals surface area contributed by atoms with E-state index in [1.165, 1.54) is 42.5 Å². The van der Waals surface area contributed by atoms with Crippen molar-refractivity contribution < 1.29 is 24.3 Å². The normalized spacial score (nSPS) is 10.8. The summed E-state index contributed by atoms with van der Waals surface area (Å²) in [6.45, 7) is 2.35. The van der Waals surface area contributed by atoms with Crippen molar-refractivity contribution in [3.8, 4) is 23.3 Å². The number of nitro benzene ring substituents is 1. The number of hydrogen-bond donors (Lipinski definition) is 2. The molecule has 0 saturated carbocycles. The first kappa shape index (κ1) is 25.5. The summed E-state index contributed by atoms with van der Waals surface area (Å²) in [5, 5.41) is 32.3. The van der Waals surface area contributed by atoms with E-state index >= 15 is 0 Å². The monoisotopic (exact) mass is 585 g/mol. The number of carbonyl (C=O) groups excluding carboxylic acids is 1. The fourth-order valence-electron chi connectivity index (χ4n) is 3.00. The summed E-state index contributed by atoms with van der Waals surface area (Å²) in [5.74, 6) is 0.386. The Hall–Kier alpha value is -4.11. The van der Waals surface area contributed by atoms with E-state index < -0.39 is 10.8 Å². The number of aromatic hydroxyl groups is 1. The summed E-state index contributed by atoms with van der Waals surface area (Å²) in [6, 6.07) is 17.3. The van der Waals surface area contributed by atoms with Crippen LogP contribution in [0.5, 0.6) is 17.2 Å². The van der Waals surface area contributed by atoms with E-state index in [1.807, 2.05) is 13.0 Å². The molecule has 3 aromatic carbocycles. The molecule has 0 heterocycles. The Labute approximate surface area is 214 Å². The van der Waals surface area contributed by atoms with Gasteiger partial charge in [-0.2, -0.15) is 5.26 Å². The molecule has 10 heteroatoms. The van der Waals surface area contributed by atoms with Crippen LogP contribution in [0.2, 0.25) is 0 Å². The molecular weight excluding hydrogens is 565 g/mol. The van der Waals surface area contributed by atoms with Gasteiger partial charge in [0.15, 0.2) is 11.5 Å². The zero-order valence-corrected chi connectivity index (χ0v) is 20.7. The molecular formula is C25H20IN3O6. The number of carbonyl (C=O) groups is 1. The number of phenols is 1. The minimum atomic E-state index is -0.593.